The van der Waals surface area contributed by atoms with Crippen LogP contribution in [0.1, 0.15) is 68.9 Å². The van der Waals surface area contributed by atoms with Gasteiger partial charge in [0.25, 0.3) is 0 Å². The molecule has 1 N–H and O–H groups in total. The van der Waals surface area contributed by atoms with Gasteiger partial charge in [-0.1, -0.05) is 43.5 Å². The van der Waals surface area contributed by atoms with E-state index in [0.29, 0.717) is 32.2 Å². The molecule has 2 aromatic carbocycles. The maximum atomic E-state index is 14.6. The average molecular weight is 613 g/mol. The molecular formula is C37H48N4O4. The largest absolute Gasteiger partial charge is 0.496 e. The molecular weight excluding hydrogens is 564 g/mol. The van der Waals surface area contributed by atoms with E-state index in [1.165, 1.54) is 12.0 Å². The highest BCUT2D eigenvalue weighted by Gasteiger charge is 2.40. The normalized spacial score (nSPS) is 19.3. The van der Waals surface area contributed by atoms with Crippen LogP contribution >= 0.6 is 0 Å². The van der Waals surface area contributed by atoms with Crippen molar-refractivity contribution in [2.45, 2.75) is 76.2 Å². The first kappa shape index (κ1) is 32.3. The van der Waals surface area contributed by atoms with Gasteiger partial charge >= 0.3 is 6.09 Å². The molecule has 2 saturated carbocycles. The summed E-state index contributed by atoms with van der Waals surface area (Å²) in [5, 5.41) is 2.54. The van der Waals surface area contributed by atoms with Crippen LogP contribution in [0.4, 0.5) is 16.3 Å². The first-order valence-electron chi connectivity index (χ1n) is 16.3. The number of rotatable bonds is 9. The van der Waals surface area contributed by atoms with Gasteiger partial charge in [-0.25, -0.2) is 9.78 Å². The minimum atomic E-state index is -0.412. The van der Waals surface area contributed by atoms with Gasteiger partial charge in [-0.3, -0.25) is 4.79 Å². The van der Waals surface area contributed by atoms with E-state index in [-0.39, 0.29) is 23.3 Å². The number of alkyl carbamates (subject to hydrolysis) is 1. The molecule has 8 heteroatoms. The number of nitrogens with zero attached hydrogens (tertiary/aromatic N) is 3. The number of aromatic nitrogens is 1. The monoisotopic (exact) mass is 612 g/mol. The molecule has 0 radical (unpaired) electrons. The number of hydrogen-bond acceptors (Lipinski definition) is 6. The fourth-order valence-corrected chi connectivity index (χ4v) is 7.11. The van der Waals surface area contributed by atoms with Crippen molar-refractivity contribution in [3.63, 3.8) is 0 Å². The van der Waals surface area contributed by atoms with E-state index >= 15 is 0 Å². The van der Waals surface area contributed by atoms with Crippen LogP contribution in [0.15, 0.2) is 60.8 Å². The predicted molar refractivity (Wildman–Crippen MR) is 180 cm³/mol. The third-order valence-electron chi connectivity index (χ3n) is 9.74. The Balaban J connectivity index is 1.50. The molecule has 3 aromatic rings. The molecule has 1 aromatic heterocycles. The van der Waals surface area contributed by atoms with Gasteiger partial charge < -0.3 is 24.6 Å². The molecule has 2 aliphatic carbocycles. The number of benzene rings is 2. The number of amides is 2. The van der Waals surface area contributed by atoms with Crippen molar-refractivity contribution >= 4 is 23.5 Å². The van der Waals surface area contributed by atoms with Gasteiger partial charge in [0.05, 0.1) is 7.11 Å². The first-order valence-corrected chi connectivity index (χ1v) is 16.3. The van der Waals surface area contributed by atoms with Gasteiger partial charge in [-0.05, 0) is 92.5 Å². The van der Waals surface area contributed by atoms with E-state index in [9.17, 15) is 9.59 Å². The number of carbonyl (C=O) groups excluding carboxylic acids is 2. The lowest BCUT2D eigenvalue weighted by Gasteiger charge is -2.43. The summed E-state index contributed by atoms with van der Waals surface area (Å²) in [6.45, 7) is 2.72. The minimum absolute atomic E-state index is 0.127. The molecule has 0 bridgehead atoms. The van der Waals surface area contributed by atoms with Gasteiger partial charge in [-0.15, -0.1) is 0 Å². The summed E-state index contributed by atoms with van der Waals surface area (Å²) >= 11 is 0. The second-order valence-corrected chi connectivity index (χ2v) is 12.9. The van der Waals surface area contributed by atoms with E-state index < -0.39 is 6.09 Å². The van der Waals surface area contributed by atoms with Gasteiger partial charge in [0.2, 0.25) is 5.91 Å². The van der Waals surface area contributed by atoms with Crippen LogP contribution in [-0.4, -0.2) is 57.9 Å². The van der Waals surface area contributed by atoms with Crippen LogP contribution in [0.3, 0.4) is 0 Å². The fraction of sp³-hybridized carbons (Fsp3) is 0.486. The fourth-order valence-electron chi connectivity index (χ4n) is 7.11. The maximum Gasteiger partial charge on any atom is 0.407 e. The number of ether oxygens (including phenoxy) is 2. The molecule has 0 atom stereocenters. The molecule has 8 nitrogen and oxygen atoms in total. The van der Waals surface area contributed by atoms with E-state index in [0.717, 1.165) is 59.6 Å². The lowest BCUT2D eigenvalue weighted by molar-refractivity contribution is -0.124. The van der Waals surface area contributed by atoms with Crippen molar-refractivity contribution in [3.05, 3.63) is 71.9 Å². The van der Waals surface area contributed by atoms with E-state index in [1.807, 2.05) is 37.3 Å². The molecule has 2 aliphatic rings. The zero-order valence-electron chi connectivity index (χ0n) is 27.5. The van der Waals surface area contributed by atoms with Crippen LogP contribution in [0, 0.1) is 12.8 Å². The Kier molecular flexibility index (Phi) is 10.3. The number of aryl methyl sites for hydroxylation is 1. The van der Waals surface area contributed by atoms with Crippen molar-refractivity contribution < 1.29 is 19.1 Å². The molecule has 1 heterocycles. The average Bonchev–Trinajstić information content (AvgIpc) is 3.07. The molecule has 0 unspecified atom stereocenters. The summed E-state index contributed by atoms with van der Waals surface area (Å²) < 4.78 is 11.1. The lowest BCUT2D eigenvalue weighted by Crippen LogP contribution is -2.48. The first-order chi connectivity index (χ1) is 21.7. The minimum Gasteiger partial charge on any atom is -0.496 e. The highest BCUT2D eigenvalue weighted by Crippen LogP contribution is 2.43. The van der Waals surface area contributed by atoms with Crippen LogP contribution in [0.2, 0.25) is 0 Å². The zero-order chi connectivity index (χ0) is 32.0. The number of pyridine rings is 1. The van der Waals surface area contributed by atoms with Gasteiger partial charge in [-0.2, -0.15) is 0 Å². The molecule has 0 aliphatic heterocycles. The summed E-state index contributed by atoms with van der Waals surface area (Å²) in [6, 6.07) is 19.0. The molecule has 45 heavy (non-hydrogen) atoms. The third kappa shape index (κ3) is 7.43. The van der Waals surface area contributed by atoms with Crippen molar-refractivity contribution in [1.29, 1.82) is 0 Å². The maximum absolute atomic E-state index is 14.6. The SMILES string of the molecule is CNC(=O)OC1CCC(C(=O)N(CC2(c3ccc(OC)c(C)c3)CCCCC2)c2cccc(-c3ccc(N(C)C)nc3)c2)CC1. The smallest absolute Gasteiger partial charge is 0.407 e. The number of anilines is 2. The van der Waals surface area contributed by atoms with Crippen LogP contribution in [-0.2, 0) is 14.9 Å². The molecule has 0 spiro atoms. The number of hydrogen-bond donors (Lipinski definition) is 1. The Morgan fingerprint density at radius 3 is 2.33 bits per heavy atom. The van der Waals surface area contributed by atoms with Crippen LogP contribution in [0.5, 0.6) is 5.75 Å². The highest BCUT2D eigenvalue weighted by atomic mass is 16.6. The second kappa shape index (κ2) is 14.4. The summed E-state index contributed by atoms with van der Waals surface area (Å²) in [5.74, 6) is 1.81. The zero-order valence-corrected chi connectivity index (χ0v) is 27.5. The van der Waals surface area contributed by atoms with E-state index in [2.05, 4.69) is 64.6 Å². The van der Waals surface area contributed by atoms with Gasteiger partial charge in [0.15, 0.2) is 0 Å². The highest BCUT2D eigenvalue weighted by molar-refractivity contribution is 5.96. The topological polar surface area (TPSA) is 84.0 Å². The summed E-state index contributed by atoms with van der Waals surface area (Å²) in [6.07, 6.45) is 9.65. The molecule has 0 saturated heterocycles. The summed E-state index contributed by atoms with van der Waals surface area (Å²) in [4.78, 5) is 35.1. The number of methoxy groups -OCH3 is 1. The number of carbonyl (C=O) groups is 2. The molecule has 5 rings (SSSR count). The van der Waals surface area contributed by atoms with Crippen molar-refractivity contribution in [1.82, 2.24) is 10.3 Å². The molecule has 2 fully saturated rings. The lowest BCUT2D eigenvalue weighted by atomic mass is 9.68. The predicted octanol–water partition coefficient (Wildman–Crippen LogP) is 7.28. The Morgan fingerprint density at radius 2 is 1.71 bits per heavy atom. The summed E-state index contributed by atoms with van der Waals surface area (Å²) in [5.41, 5.74) is 5.19. The molecule has 240 valence electrons. The van der Waals surface area contributed by atoms with Gasteiger partial charge in [0, 0.05) is 56.5 Å². The Labute approximate surface area is 268 Å². The Bertz CT molecular complexity index is 1460. The quantitative estimate of drug-likeness (QED) is 0.273. The Morgan fingerprint density at radius 1 is 0.956 bits per heavy atom. The third-order valence-corrected chi connectivity index (χ3v) is 9.74. The van der Waals surface area contributed by atoms with Crippen molar-refractivity contribution in [3.8, 4) is 16.9 Å². The van der Waals surface area contributed by atoms with Crippen LogP contribution < -0.4 is 19.9 Å². The Hall–Kier alpha value is -4.07. The number of nitrogens with one attached hydrogen (secondary N) is 1. The second-order valence-electron chi connectivity index (χ2n) is 12.9. The standard InChI is InChI=1S/C37H48N4O4/c1-26-22-30(15-18-33(26)44-5)37(20-7-6-8-21-37)25-41(35(42)27-12-16-32(17-13-27)45-36(43)38-2)31-11-9-10-28(23-31)29-14-19-34(39-24-29)40(3)4/h9-11,14-15,18-19,22-24,27,32H,6-8,12-13,16-17,20-21,25H2,1-5H3,(H,38,43). The molecule has 2 amide bonds. The van der Waals surface area contributed by atoms with E-state index in [4.69, 9.17) is 9.47 Å². The van der Waals surface area contributed by atoms with Gasteiger partial charge in [0.1, 0.15) is 17.7 Å². The van der Waals surface area contributed by atoms with Crippen molar-refractivity contribution in [2.75, 3.05) is 44.6 Å². The van der Waals surface area contributed by atoms with Crippen LogP contribution in [0.25, 0.3) is 11.1 Å². The summed E-state index contributed by atoms with van der Waals surface area (Å²) in [7, 11) is 7.25. The van der Waals surface area contributed by atoms with Crippen molar-refractivity contribution in [2.24, 2.45) is 5.92 Å². The van der Waals surface area contributed by atoms with E-state index in [1.54, 1.807) is 14.2 Å².